The van der Waals surface area contributed by atoms with E-state index in [4.69, 9.17) is 16.0 Å². The number of halogens is 1. The van der Waals surface area contributed by atoms with Crippen molar-refractivity contribution in [2.24, 2.45) is 0 Å². The number of nitrogens with one attached hydrogen (secondary N) is 1. The van der Waals surface area contributed by atoms with Crippen molar-refractivity contribution in [1.82, 2.24) is 5.32 Å². The Morgan fingerprint density at radius 2 is 2.25 bits per heavy atom. The highest BCUT2D eigenvalue weighted by Gasteiger charge is 2.14. The SMILES string of the molecule is Cc1cc(C(C)NC(=O)CCCCl)c(C)o1. The summed E-state index contributed by atoms with van der Waals surface area (Å²) < 4.78 is 5.43. The van der Waals surface area contributed by atoms with Crippen LogP contribution in [0.25, 0.3) is 0 Å². The van der Waals surface area contributed by atoms with Crippen LogP contribution in [0.1, 0.15) is 42.9 Å². The highest BCUT2D eigenvalue weighted by molar-refractivity contribution is 6.17. The maximum atomic E-state index is 11.5. The molecule has 1 atom stereocenters. The Morgan fingerprint density at radius 3 is 2.75 bits per heavy atom. The molecule has 1 aromatic heterocycles. The minimum Gasteiger partial charge on any atom is -0.466 e. The van der Waals surface area contributed by atoms with E-state index in [2.05, 4.69) is 5.32 Å². The first-order valence-electron chi connectivity index (χ1n) is 5.47. The van der Waals surface area contributed by atoms with Gasteiger partial charge in [0.1, 0.15) is 11.5 Å². The molecule has 0 fully saturated rings. The van der Waals surface area contributed by atoms with Gasteiger partial charge in [-0.15, -0.1) is 11.6 Å². The second-order valence-corrected chi connectivity index (χ2v) is 4.33. The Balaban J connectivity index is 2.55. The summed E-state index contributed by atoms with van der Waals surface area (Å²) in [5, 5.41) is 2.93. The number of rotatable bonds is 5. The van der Waals surface area contributed by atoms with E-state index < -0.39 is 0 Å². The molecule has 0 spiro atoms. The number of furan rings is 1. The molecular weight excluding hydrogens is 226 g/mol. The molecule has 1 aromatic rings. The van der Waals surface area contributed by atoms with Crippen LogP contribution in [-0.4, -0.2) is 11.8 Å². The Kier molecular flexibility index (Phi) is 4.87. The number of hydrogen-bond acceptors (Lipinski definition) is 2. The maximum absolute atomic E-state index is 11.5. The number of amides is 1. The second-order valence-electron chi connectivity index (χ2n) is 3.95. The van der Waals surface area contributed by atoms with Gasteiger partial charge in [-0.2, -0.15) is 0 Å². The van der Waals surface area contributed by atoms with Gasteiger partial charge in [-0.3, -0.25) is 4.79 Å². The van der Waals surface area contributed by atoms with Crippen molar-refractivity contribution in [2.45, 2.75) is 39.7 Å². The Bertz CT molecular complexity index is 360. The molecule has 90 valence electrons. The van der Waals surface area contributed by atoms with Gasteiger partial charge in [0.2, 0.25) is 5.91 Å². The van der Waals surface area contributed by atoms with Crippen molar-refractivity contribution in [2.75, 3.05) is 5.88 Å². The fraction of sp³-hybridized carbons (Fsp3) is 0.583. The van der Waals surface area contributed by atoms with Gasteiger partial charge < -0.3 is 9.73 Å². The van der Waals surface area contributed by atoms with Crippen LogP contribution in [0.4, 0.5) is 0 Å². The maximum Gasteiger partial charge on any atom is 0.220 e. The lowest BCUT2D eigenvalue weighted by atomic mass is 10.1. The molecule has 0 radical (unpaired) electrons. The van der Waals surface area contributed by atoms with E-state index in [1.165, 1.54) is 0 Å². The molecular formula is C12H18ClNO2. The summed E-state index contributed by atoms with van der Waals surface area (Å²) >= 11 is 5.53. The molecule has 0 saturated carbocycles. The molecule has 4 heteroatoms. The average molecular weight is 244 g/mol. The number of carbonyl (C=O) groups excluding carboxylic acids is 1. The van der Waals surface area contributed by atoms with Crippen LogP contribution in [-0.2, 0) is 4.79 Å². The lowest BCUT2D eigenvalue weighted by molar-refractivity contribution is -0.121. The lowest BCUT2D eigenvalue weighted by Gasteiger charge is -2.12. The quantitative estimate of drug-likeness (QED) is 0.808. The number of hydrogen-bond donors (Lipinski definition) is 1. The molecule has 1 amide bonds. The molecule has 1 N–H and O–H groups in total. The summed E-state index contributed by atoms with van der Waals surface area (Å²) in [6.07, 6.45) is 1.19. The summed E-state index contributed by atoms with van der Waals surface area (Å²) in [4.78, 5) is 11.5. The van der Waals surface area contributed by atoms with Gasteiger partial charge in [0.25, 0.3) is 0 Å². The molecule has 0 aromatic carbocycles. The number of alkyl halides is 1. The molecule has 0 aliphatic heterocycles. The zero-order valence-electron chi connectivity index (χ0n) is 9.97. The molecule has 3 nitrogen and oxygen atoms in total. The second kappa shape index (κ2) is 5.94. The van der Waals surface area contributed by atoms with Crippen LogP contribution in [0, 0.1) is 13.8 Å². The van der Waals surface area contributed by atoms with Crippen LogP contribution in [0.2, 0.25) is 0 Å². The minimum absolute atomic E-state index is 0.0136. The molecule has 1 heterocycles. The third-order valence-corrected chi connectivity index (χ3v) is 2.73. The number of aryl methyl sites for hydroxylation is 2. The van der Waals surface area contributed by atoms with Crippen LogP contribution >= 0.6 is 11.6 Å². The van der Waals surface area contributed by atoms with Gasteiger partial charge in [0.05, 0.1) is 6.04 Å². The normalized spacial score (nSPS) is 12.5. The van der Waals surface area contributed by atoms with Crippen molar-refractivity contribution in [3.8, 4) is 0 Å². The molecule has 0 bridgehead atoms. The highest BCUT2D eigenvalue weighted by Crippen LogP contribution is 2.21. The monoisotopic (exact) mass is 243 g/mol. The van der Waals surface area contributed by atoms with Gasteiger partial charge in [-0.25, -0.2) is 0 Å². The summed E-state index contributed by atoms with van der Waals surface area (Å²) in [5.74, 6) is 2.29. The van der Waals surface area contributed by atoms with Crippen molar-refractivity contribution in [3.05, 3.63) is 23.2 Å². The standard InChI is InChI=1S/C12H18ClNO2/c1-8-7-11(10(3)16-8)9(2)14-12(15)5-4-6-13/h7,9H,4-6H2,1-3H3,(H,14,15). The van der Waals surface area contributed by atoms with Crippen LogP contribution in [0.15, 0.2) is 10.5 Å². The van der Waals surface area contributed by atoms with Crippen molar-refractivity contribution in [3.63, 3.8) is 0 Å². The van der Waals surface area contributed by atoms with E-state index >= 15 is 0 Å². The molecule has 1 rings (SSSR count). The Hall–Kier alpha value is -0.960. The molecule has 1 unspecified atom stereocenters. The van der Waals surface area contributed by atoms with Gasteiger partial charge in [-0.1, -0.05) is 0 Å². The highest BCUT2D eigenvalue weighted by atomic mass is 35.5. The van der Waals surface area contributed by atoms with E-state index in [1.54, 1.807) is 0 Å². The van der Waals surface area contributed by atoms with Crippen LogP contribution in [0.3, 0.4) is 0 Å². The van der Waals surface area contributed by atoms with Gasteiger partial charge in [0.15, 0.2) is 0 Å². The summed E-state index contributed by atoms with van der Waals surface area (Å²) in [6, 6.07) is 1.95. The lowest BCUT2D eigenvalue weighted by Crippen LogP contribution is -2.26. The Labute approximate surface area is 101 Å². The fourth-order valence-corrected chi connectivity index (χ4v) is 1.83. The predicted molar refractivity (Wildman–Crippen MR) is 64.7 cm³/mol. The molecule has 16 heavy (non-hydrogen) atoms. The van der Waals surface area contributed by atoms with Crippen LogP contribution < -0.4 is 5.32 Å². The topological polar surface area (TPSA) is 42.2 Å². The summed E-state index contributed by atoms with van der Waals surface area (Å²) in [6.45, 7) is 5.76. The van der Waals surface area contributed by atoms with Crippen molar-refractivity contribution in [1.29, 1.82) is 0 Å². The van der Waals surface area contributed by atoms with E-state index in [-0.39, 0.29) is 11.9 Å². The molecule has 0 aliphatic carbocycles. The largest absolute Gasteiger partial charge is 0.466 e. The fourth-order valence-electron chi connectivity index (χ4n) is 1.70. The zero-order valence-corrected chi connectivity index (χ0v) is 10.7. The van der Waals surface area contributed by atoms with Crippen molar-refractivity contribution >= 4 is 17.5 Å². The van der Waals surface area contributed by atoms with Gasteiger partial charge in [0, 0.05) is 17.9 Å². The van der Waals surface area contributed by atoms with Gasteiger partial charge in [-0.05, 0) is 33.3 Å². The minimum atomic E-state index is -0.0136. The predicted octanol–water partition coefficient (Wildman–Crippen LogP) is 3.09. The Morgan fingerprint density at radius 1 is 1.56 bits per heavy atom. The number of carbonyl (C=O) groups is 1. The molecule has 0 saturated heterocycles. The smallest absolute Gasteiger partial charge is 0.220 e. The summed E-state index contributed by atoms with van der Waals surface area (Å²) in [5.41, 5.74) is 1.04. The summed E-state index contributed by atoms with van der Waals surface area (Å²) in [7, 11) is 0. The van der Waals surface area contributed by atoms with Gasteiger partial charge >= 0.3 is 0 Å². The van der Waals surface area contributed by atoms with E-state index in [1.807, 2.05) is 26.8 Å². The third-order valence-electron chi connectivity index (χ3n) is 2.46. The zero-order chi connectivity index (χ0) is 12.1. The first kappa shape index (κ1) is 13.1. The first-order valence-corrected chi connectivity index (χ1v) is 6.00. The van der Waals surface area contributed by atoms with Crippen molar-refractivity contribution < 1.29 is 9.21 Å². The third kappa shape index (κ3) is 3.56. The van der Waals surface area contributed by atoms with Crippen LogP contribution in [0.5, 0.6) is 0 Å². The van der Waals surface area contributed by atoms with E-state index in [0.29, 0.717) is 18.7 Å². The molecule has 0 aliphatic rings. The van der Waals surface area contributed by atoms with E-state index in [9.17, 15) is 4.79 Å². The first-order chi connectivity index (χ1) is 7.54. The van der Waals surface area contributed by atoms with E-state index in [0.717, 1.165) is 17.1 Å². The average Bonchev–Trinajstić information content (AvgIpc) is 2.54.